The number of carbonyl (C=O) groups is 3. The van der Waals surface area contributed by atoms with Crippen molar-refractivity contribution in [2.45, 2.75) is 166 Å². The van der Waals surface area contributed by atoms with Crippen LogP contribution in [-0.4, -0.2) is 80.6 Å². The molecule has 19 nitrogen and oxygen atoms in total. The number of hydrogen-bond donors (Lipinski definition) is 3. The molecule has 20 heteroatoms. The van der Waals surface area contributed by atoms with Gasteiger partial charge >= 0.3 is 23.3 Å². The van der Waals surface area contributed by atoms with Gasteiger partial charge in [0.15, 0.2) is 0 Å². The number of H-pyrrole nitrogens is 2. The second kappa shape index (κ2) is 23.5. The molecule has 2 aromatic heterocycles. The number of alkyl halides is 1. The largest absolute Gasteiger partial charge is 0.463 e. The zero-order chi connectivity index (χ0) is 42.9. The molecule has 1 amide bonds. The summed E-state index contributed by atoms with van der Waals surface area (Å²) in [4.78, 5) is 94.8. The van der Waals surface area contributed by atoms with Crippen LogP contribution in [0, 0.1) is 13.8 Å². The number of amides is 1. The van der Waals surface area contributed by atoms with Crippen LogP contribution in [0.3, 0.4) is 0 Å². The van der Waals surface area contributed by atoms with Crippen LogP contribution in [0.25, 0.3) is 10.4 Å². The van der Waals surface area contributed by atoms with Gasteiger partial charge in [-0.1, -0.05) is 76.2 Å². The van der Waals surface area contributed by atoms with Crippen LogP contribution in [0.4, 0.5) is 4.39 Å². The van der Waals surface area contributed by atoms with E-state index < -0.39 is 96.5 Å². The topological polar surface area (TPSA) is 259 Å². The fourth-order valence-electron chi connectivity index (χ4n) is 7.07. The van der Waals surface area contributed by atoms with E-state index >= 15 is 0 Å². The molecule has 0 saturated carbocycles. The lowest BCUT2D eigenvalue weighted by Crippen LogP contribution is -2.43. The number of aromatic amines is 2. The minimum atomic E-state index is -1.59. The molecule has 4 heterocycles. The maximum atomic E-state index is 14.9. The van der Waals surface area contributed by atoms with Crippen LogP contribution in [0.5, 0.6) is 0 Å². The van der Waals surface area contributed by atoms with Crippen molar-refractivity contribution in [1.82, 2.24) is 24.4 Å². The quantitative estimate of drug-likeness (QED) is 0.0440. The van der Waals surface area contributed by atoms with Crippen molar-refractivity contribution >= 4 is 17.8 Å². The molecule has 0 spiro atoms. The highest BCUT2D eigenvalue weighted by molar-refractivity contribution is 5.85. The Morgan fingerprint density at radius 1 is 0.831 bits per heavy atom. The Hall–Kier alpha value is -5.07. The van der Waals surface area contributed by atoms with Gasteiger partial charge in [0.2, 0.25) is 5.91 Å². The van der Waals surface area contributed by atoms with Crippen molar-refractivity contribution in [3.8, 4) is 0 Å². The molecule has 2 aliphatic rings. The van der Waals surface area contributed by atoms with E-state index in [0.29, 0.717) is 6.42 Å². The second-order valence-corrected chi connectivity index (χ2v) is 15.2. The van der Waals surface area contributed by atoms with Gasteiger partial charge in [-0.25, -0.2) is 18.8 Å². The maximum Gasteiger partial charge on any atom is 0.330 e. The molecule has 2 aliphatic heterocycles. The first kappa shape index (κ1) is 46.6. The number of halogens is 1. The van der Waals surface area contributed by atoms with Gasteiger partial charge in [-0.15, -0.1) is 0 Å². The van der Waals surface area contributed by atoms with Crippen LogP contribution in [0.1, 0.15) is 133 Å². The molecule has 3 N–H and O–H groups in total. The smallest absolute Gasteiger partial charge is 0.330 e. The van der Waals surface area contributed by atoms with Crippen LogP contribution in [0.15, 0.2) is 36.7 Å². The van der Waals surface area contributed by atoms with Gasteiger partial charge in [0.05, 0.1) is 6.04 Å². The van der Waals surface area contributed by atoms with Gasteiger partial charge in [-0.2, -0.15) is 0 Å². The minimum absolute atomic E-state index is 0.0368. The molecule has 2 fully saturated rings. The van der Waals surface area contributed by atoms with Crippen LogP contribution in [-0.2, 0) is 33.3 Å². The number of carbonyl (C=O) groups excluding carboxylic acids is 3. The summed E-state index contributed by atoms with van der Waals surface area (Å²) in [6.07, 6.45) is 8.21. The standard InChI is InChI=1S/C39H57FN8O11/c1-4-5-6-7-8-9-10-11-12-13-14-15-31(49)42-27(16-17-34(50)56-22-29-26(40)18-32(58-29)47-20-24(2)35(51)43-38(47)54)37(53)57-23-30-28(45-46-41)19-33(59-30)48-21-25(3)36(52)44-39(48)55/h20-21,26-30,32-33H,4-19,22-23H2,1-3H3,(H,42,49)(H,43,51,54)(H,44,52,55)/t26-,27-,28?,29+,30+,32+,33+/m0/s1. The number of aromatic nitrogens is 4. The highest BCUT2D eigenvalue weighted by Gasteiger charge is 2.39. The summed E-state index contributed by atoms with van der Waals surface area (Å²) in [5.41, 5.74) is 6.98. The number of unbranched alkanes of at least 4 members (excludes halogenated alkanes) is 10. The summed E-state index contributed by atoms with van der Waals surface area (Å²) in [6, 6.07) is -2.15. The third kappa shape index (κ3) is 14.3. The maximum absolute atomic E-state index is 14.9. The molecule has 1 unspecified atom stereocenters. The van der Waals surface area contributed by atoms with Gasteiger partial charge in [-0.05, 0) is 32.2 Å². The first-order valence-corrected chi connectivity index (χ1v) is 20.6. The minimum Gasteiger partial charge on any atom is -0.463 e. The van der Waals surface area contributed by atoms with E-state index in [4.69, 9.17) is 24.5 Å². The molecule has 59 heavy (non-hydrogen) atoms. The van der Waals surface area contributed by atoms with Crippen molar-refractivity contribution in [3.05, 3.63) is 75.6 Å². The Morgan fingerprint density at radius 2 is 1.36 bits per heavy atom. The fraction of sp³-hybridized carbons (Fsp3) is 0.718. The number of rotatable bonds is 24. The third-order valence-electron chi connectivity index (χ3n) is 10.5. The van der Waals surface area contributed by atoms with E-state index in [1.165, 1.54) is 64.8 Å². The summed E-state index contributed by atoms with van der Waals surface area (Å²) >= 11 is 0. The SMILES string of the molecule is CCCCCCCCCCCCCC(=O)N[C@@H](CCC(=O)OC[C@H]1O[C@@H](n2cc(C)c(=O)[nH]c2=O)C[C@@H]1F)C(=O)OC[C@H]1O[C@@H](n2cc(C)c(=O)[nH]c2=O)CC1N=[N+]=[N-]. The zero-order valence-corrected chi connectivity index (χ0v) is 34.0. The first-order valence-electron chi connectivity index (χ1n) is 20.6. The lowest BCUT2D eigenvalue weighted by molar-refractivity contribution is -0.154. The molecule has 7 atom stereocenters. The highest BCUT2D eigenvalue weighted by atomic mass is 19.1. The molecule has 2 saturated heterocycles. The summed E-state index contributed by atoms with van der Waals surface area (Å²) in [5.74, 6) is -2.14. The number of aryl methyl sites for hydroxylation is 2. The summed E-state index contributed by atoms with van der Waals surface area (Å²) in [5, 5.41) is 6.38. The van der Waals surface area contributed by atoms with E-state index in [0.717, 1.165) is 34.8 Å². The van der Waals surface area contributed by atoms with Crippen molar-refractivity contribution < 1.29 is 37.7 Å². The predicted molar refractivity (Wildman–Crippen MR) is 211 cm³/mol. The Kier molecular flexibility index (Phi) is 18.6. The third-order valence-corrected chi connectivity index (χ3v) is 10.5. The number of ether oxygens (including phenoxy) is 4. The Labute approximate surface area is 340 Å². The molecular formula is C39H57FN8O11. The summed E-state index contributed by atoms with van der Waals surface area (Å²) < 4.78 is 39.4. The fourth-order valence-corrected chi connectivity index (χ4v) is 7.07. The lowest BCUT2D eigenvalue weighted by atomic mass is 10.0. The van der Waals surface area contributed by atoms with Crippen molar-refractivity contribution in [1.29, 1.82) is 0 Å². The first-order chi connectivity index (χ1) is 28.3. The molecule has 0 radical (unpaired) electrons. The lowest BCUT2D eigenvalue weighted by Gasteiger charge is -2.21. The Bertz CT molecular complexity index is 2010. The average Bonchev–Trinajstić information content (AvgIpc) is 3.78. The number of hydrogen-bond acceptors (Lipinski definition) is 12. The number of nitrogens with zero attached hydrogens (tertiary/aromatic N) is 5. The zero-order valence-electron chi connectivity index (χ0n) is 34.0. The van der Waals surface area contributed by atoms with Gasteiger partial charge < -0.3 is 24.3 Å². The van der Waals surface area contributed by atoms with Gasteiger partial charge in [0, 0.05) is 54.1 Å². The van der Waals surface area contributed by atoms with Gasteiger partial charge in [0.25, 0.3) is 11.1 Å². The van der Waals surface area contributed by atoms with Crippen LogP contribution in [0.2, 0.25) is 0 Å². The molecule has 326 valence electrons. The van der Waals surface area contributed by atoms with E-state index in [1.54, 1.807) is 0 Å². The summed E-state index contributed by atoms with van der Waals surface area (Å²) in [6.45, 7) is 4.26. The Balaban J connectivity index is 1.31. The average molecular weight is 833 g/mol. The summed E-state index contributed by atoms with van der Waals surface area (Å²) in [7, 11) is 0. The van der Waals surface area contributed by atoms with Gasteiger partial charge in [-0.3, -0.25) is 38.3 Å². The van der Waals surface area contributed by atoms with E-state index in [9.17, 15) is 38.0 Å². The molecule has 0 bridgehead atoms. The van der Waals surface area contributed by atoms with E-state index in [1.807, 2.05) is 0 Å². The molecule has 2 aromatic rings. The number of nitrogens with one attached hydrogen (secondary N) is 3. The monoisotopic (exact) mass is 832 g/mol. The second-order valence-electron chi connectivity index (χ2n) is 15.2. The van der Waals surface area contributed by atoms with E-state index in [-0.39, 0.29) is 43.2 Å². The normalized spacial score (nSPS) is 21.8. The van der Waals surface area contributed by atoms with Crippen molar-refractivity contribution in [3.63, 3.8) is 0 Å². The predicted octanol–water partition coefficient (Wildman–Crippen LogP) is 4.35. The van der Waals surface area contributed by atoms with Crippen LogP contribution >= 0.6 is 0 Å². The molecule has 0 aromatic carbocycles. The van der Waals surface area contributed by atoms with Crippen molar-refractivity contribution in [2.24, 2.45) is 5.11 Å². The molecule has 0 aliphatic carbocycles. The van der Waals surface area contributed by atoms with Gasteiger partial charge in [0.1, 0.15) is 50.1 Å². The van der Waals surface area contributed by atoms with Crippen molar-refractivity contribution in [2.75, 3.05) is 13.2 Å². The highest BCUT2D eigenvalue weighted by Crippen LogP contribution is 2.31. The number of azide groups is 1. The molecular weight excluding hydrogens is 775 g/mol. The van der Waals surface area contributed by atoms with Crippen LogP contribution < -0.4 is 27.8 Å². The number of esters is 2. The Morgan fingerprint density at radius 3 is 1.93 bits per heavy atom. The van der Waals surface area contributed by atoms with E-state index in [2.05, 4.69) is 32.2 Å². The molecule has 4 rings (SSSR count).